The van der Waals surface area contributed by atoms with Crippen molar-refractivity contribution in [2.24, 2.45) is 0 Å². The molecule has 1 aromatic heterocycles. The Kier molecular flexibility index (Phi) is 10.8. The van der Waals surface area contributed by atoms with Gasteiger partial charge in [0, 0.05) is 27.6 Å². The minimum Gasteiger partial charge on any atom is -0.465 e. The van der Waals surface area contributed by atoms with Crippen LogP contribution in [0.3, 0.4) is 0 Å². The maximum Gasteiger partial charge on any atom is 0.339 e. The van der Waals surface area contributed by atoms with E-state index in [9.17, 15) is 4.79 Å². The quantitative estimate of drug-likeness (QED) is 0.633. The Hall–Kier alpha value is -0.560. The molecule has 92 valence electrons. The Bertz CT molecular complexity index is 343. The molecule has 0 unspecified atom stereocenters. The Morgan fingerprint density at radius 1 is 1.50 bits per heavy atom. The van der Waals surface area contributed by atoms with E-state index in [-0.39, 0.29) is 12.4 Å². The topological polar surface area (TPSA) is 82.3 Å². The largest absolute Gasteiger partial charge is 0.465 e. The normalized spacial score (nSPS) is 8.50. The number of rotatable bonds is 1. The van der Waals surface area contributed by atoms with Crippen molar-refractivity contribution in [1.29, 1.82) is 0 Å². The highest BCUT2D eigenvalue weighted by Gasteiger charge is 2.03. The van der Waals surface area contributed by atoms with Crippen LogP contribution in [-0.2, 0) is 14.0 Å². The number of nitrogens with zero attached hydrogens (tertiary/aromatic N) is 1. The molecule has 16 heavy (non-hydrogen) atoms. The van der Waals surface area contributed by atoms with E-state index in [0.29, 0.717) is 11.4 Å². The van der Waals surface area contributed by atoms with Gasteiger partial charge in [0.2, 0.25) is 9.23 Å². The molecular formula is C7H9Cl3N2O3S. The van der Waals surface area contributed by atoms with E-state index < -0.39 is 15.2 Å². The van der Waals surface area contributed by atoms with Crippen LogP contribution in [0.5, 0.6) is 0 Å². The number of aromatic nitrogens is 1. The summed E-state index contributed by atoms with van der Waals surface area (Å²) in [6.07, 6.45) is 1.38. The summed E-state index contributed by atoms with van der Waals surface area (Å²) in [5.74, 6) is -0.0184. The number of pyridine rings is 1. The van der Waals surface area contributed by atoms with E-state index in [2.05, 4.69) is 31.1 Å². The van der Waals surface area contributed by atoms with Crippen LogP contribution in [0.1, 0.15) is 10.4 Å². The molecule has 1 aromatic rings. The van der Waals surface area contributed by atoms with Gasteiger partial charge in [-0.05, 0) is 12.1 Å². The lowest BCUT2D eigenvalue weighted by molar-refractivity contribution is 0.0600. The second-order valence-corrected chi connectivity index (χ2v) is 4.67. The van der Waals surface area contributed by atoms with Crippen LogP contribution in [0.2, 0.25) is 0 Å². The standard InChI is InChI=1S/C7H8N2O2.Cl2OS.ClH/c1-11-7(10)5-2-3-6(8)9-4-5;1-4(2)3;/h2-4H,1H3,(H2,8,9);;1H. The molecule has 0 spiro atoms. The van der Waals surface area contributed by atoms with Gasteiger partial charge < -0.3 is 10.5 Å². The molecule has 9 heteroatoms. The lowest BCUT2D eigenvalue weighted by atomic mass is 10.3. The second-order valence-electron chi connectivity index (χ2n) is 2.15. The SMILES string of the molecule is COC(=O)c1ccc(N)nc1.Cl.O=S(Cl)Cl. The number of hydrogen-bond acceptors (Lipinski definition) is 5. The summed E-state index contributed by atoms with van der Waals surface area (Å²) in [7, 11) is 8.68. The lowest BCUT2D eigenvalue weighted by Crippen LogP contribution is -2.02. The summed E-state index contributed by atoms with van der Waals surface area (Å²) < 4.78 is 13.5. The number of carbonyl (C=O) groups excluding carboxylic acids is 1. The Balaban J connectivity index is 0. The summed E-state index contributed by atoms with van der Waals surface area (Å²) in [5, 5.41) is 0. The zero-order valence-electron chi connectivity index (χ0n) is 8.05. The molecule has 0 aliphatic carbocycles. The molecule has 0 amide bonds. The first kappa shape index (κ1) is 17.8. The Morgan fingerprint density at radius 3 is 2.31 bits per heavy atom. The van der Waals surface area contributed by atoms with Gasteiger partial charge in [-0.2, -0.15) is 0 Å². The zero-order valence-corrected chi connectivity index (χ0v) is 11.2. The Labute approximate surface area is 110 Å². The van der Waals surface area contributed by atoms with E-state index in [1.807, 2.05) is 0 Å². The smallest absolute Gasteiger partial charge is 0.339 e. The third-order valence-corrected chi connectivity index (χ3v) is 1.21. The molecule has 5 nitrogen and oxygen atoms in total. The molecular weight excluding hydrogens is 299 g/mol. The van der Waals surface area contributed by atoms with Crippen molar-refractivity contribution in [2.45, 2.75) is 0 Å². The molecule has 0 saturated carbocycles. The number of carbonyl (C=O) groups is 1. The van der Waals surface area contributed by atoms with Gasteiger partial charge in [0.1, 0.15) is 5.82 Å². The van der Waals surface area contributed by atoms with Crippen molar-refractivity contribution in [3.05, 3.63) is 23.9 Å². The molecule has 0 fully saturated rings. The van der Waals surface area contributed by atoms with Crippen molar-refractivity contribution in [2.75, 3.05) is 12.8 Å². The summed E-state index contributed by atoms with van der Waals surface area (Å²) in [5.41, 5.74) is 5.71. The molecule has 0 aliphatic heterocycles. The minimum atomic E-state index is -1.67. The minimum absolute atomic E-state index is 0. The molecule has 1 heterocycles. The van der Waals surface area contributed by atoms with Crippen molar-refractivity contribution < 1.29 is 13.7 Å². The average Bonchev–Trinajstić information content (AvgIpc) is 2.17. The van der Waals surface area contributed by atoms with E-state index in [4.69, 9.17) is 9.94 Å². The average molecular weight is 308 g/mol. The number of hydrogen-bond donors (Lipinski definition) is 1. The summed E-state index contributed by atoms with van der Waals surface area (Å²) in [4.78, 5) is 14.5. The fourth-order valence-electron chi connectivity index (χ4n) is 0.644. The number of nitrogens with two attached hydrogens (primary N) is 1. The van der Waals surface area contributed by atoms with Gasteiger partial charge in [0.15, 0.2) is 0 Å². The molecule has 1 rings (SSSR count). The fourth-order valence-corrected chi connectivity index (χ4v) is 0.644. The number of nitrogen functional groups attached to an aromatic ring is 1. The second kappa shape index (κ2) is 9.65. The van der Waals surface area contributed by atoms with Gasteiger partial charge in [0.05, 0.1) is 12.7 Å². The zero-order chi connectivity index (χ0) is 11.8. The van der Waals surface area contributed by atoms with Gasteiger partial charge in [-0.25, -0.2) is 14.0 Å². The van der Waals surface area contributed by atoms with Crippen molar-refractivity contribution in [3.8, 4) is 0 Å². The van der Waals surface area contributed by atoms with Crippen molar-refractivity contribution in [1.82, 2.24) is 4.98 Å². The highest BCUT2D eigenvalue weighted by molar-refractivity contribution is 8.26. The number of esters is 1. The highest BCUT2D eigenvalue weighted by atomic mass is 36.0. The summed E-state index contributed by atoms with van der Waals surface area (Å²) in [6.45, 7) is 0. The molecule has 0 aliphatic rings. The highest BCUT2D eigenvalue weighted by Crippen LogP contribution is 2.01. The fraction of sp³-hybridized carbons (Fsp3) is 0.143. The first-order valence-electron chi connectivity index (χ1n) is 3.51. The van der Waals surface area contributed by atoms with Crippen molar-refractivity contribution >= 4 is 54.8 Å². The van der Waals surface area contributed by atoms with Crippen LogP contribution >= 0.6 is 33.8 Å². The van der Waals surface area contributed by atoms with E-state index >= 15 is 0 Å². The number of methoxy groups -OCH3 is 1. The van der Waals surface area contributed by atoms with Gasteiger partial charge >= 0.3 is 5.97 Å². The van der Waals surface area contributed by atoms with Gasteiger partial charge in [-0.1, -0.05) is 0 Å². The first-order valence-corrected chi connectivity index (χ1v) is 6.31. The first-order chi connectivity index (χ1) is 6.97. The maximum atomic E-state index is 10.8. The van der Waals surface area contributed by atoms with Gasteiger partial charge in [-0.3, -0.25) is 0 Å². The lowest BCUT2D eigenvalue weighted by Gasteiger charge is -1.97. The monoisotopic (exact) mass is 306 g/mol. The van der Waals surface area contributed by atoms with Crippen LogP contribution < -0.4 is 5.73 Å². The Morgan fingerprint density at radius 2 is 2.00 bits per heavy atom. The molecule has 0 bridgehead atoms. The number of ether oxygens (including phenoxy) is 1. The molecule has 0 radical (unpaired) electrons. The maximum absolute atomic E-state index is 10.8. The van der Waals surface area contributed by atoms with Crippen LogP contribution in [0, 0.1) is 0 Å². The van der Waals surface area contributed by atoms with Crippen LogP contribution in [0.25, 0.3) is 0 Å². The molecule has 0 aromatic carbocycles. The van der Waals surface area contributed by atoms with Gasteiger partial charge in [-0.15, -0.1) is 12.4 Å². The van der Waals surface area contributed by atoms with E-state index in [1.54, 1.807) is 12.1 Å². The number of anilines is 1. The molecule has 0 atom stereocenters. The third kappa shape index (κ3) is 8.72. The predicted octanol–water partition coefficient (Wildman–Crippen LogP) is 1.91. The predicted molar refractivity (Wildman–Crippen MR) is 67.1 cm³/mol. The van der Waals surface area contributed by atoms with Gasteiger partial charge in [0.25, 0.3) is 0 Å². The number of halogens is 3. The summed E-state index contributed by atoms with van der Waals surface area (Å²) >= 11 is 0. The van der Waals surface area contributed by atoms with Crippen molar-refractivity contribution in [3.63, 3.8) is 0 Å². The molecule has 2 N–H and O–H groups in total. The van der Waals surface area contributed by atoms with Crippen LogP contribution in [0.15, 0.2) is 18.3 Å². The summed E-state index contributed by atoms with van der Waals surface area (Å²) in [6, 6.07) is 3.11. The van der Waals surface area contributed by atoms with Crippen LogP contribution in [-0.4, -0.2) is 22.3 Å². The van der Waals surface area contributed by atoms with E-state index in [1.165, 1.54) is 13.3 Å². The van der Waals surface area contributed by atoms with Crippen LogP contribution in [0.4, 0.5) is 5.82 Å². The third-order valence-electron chi connectivity index (χ3n) is 1.21. The van der Waals surface area contributed by atoms with E-state index in [0.717, 1.165) is 0 Å². The molecule has 0 saturated heterocycles.